The highest BCUT2D eigenvalue weighted by molar-refractivity contribution is 5.36. The Bertz CT molecular complexity index is 629. The van der Waals surface area contributed by atoms with Crippen molar-refractivity contribution in [1.82, 2.24) is 0 Å². The van der Waals surface area contributed by atoms with Gasteiger partial charge in [0.05, 0.1) is 0 Å². The van der Waals surface area contributed by atoms with Gasteiger partial charge in [-0.1, -0.05) is 117 Å². The van der Waals surface area contributed by atoms with Crippen LogP contribution in [0.5, 0.6) is 5.75 Å². The van der Waals surface area contributed by atoms with Crippen LogP contribution in [-0.2, 0) is 5.41 Å². The summed E-state index contributed by atoms with van der Waals surface area (Å²) in [6.45, 7) is 11.9. The SMILES string of the molecule is CCCCC1(CCCC)CCCC(CCCC)(c2ccc(O)cc2)C1(CCCC)CCCC. The molecule has 0 aromatic heterocycles. The standard InChI is InChI=1S/C32H56O/c1-6-11-21-30(22-12-7-2)23-16-25-31(24-13-8-3,28-17-19-29(33)20-18-28)32(30,26-14-9-4)27-15-10-5/h17-20,33H,6-16,21-27H2,1-5H3. The molecule has 1 unspecified atom stereocenters. The molecule has 1 aliphatic carbocycles. The molecule has 1 atom stereocenters. The Morgan fingerprint density at radius 1 is 0.606 bits per heavy atom. The van der Waals surface area contributed by atoms with E-state index in [9.17, 15) is 5.11 Å². The first-order chi connectivity index (χ1) is 16.0. The summed E-state index contributed by atoms with van der Waals surface area (Å²) in [6.07, 6.45) is 24.4. The summed E-state index contributed by atoms with van der Waals surface area (Å²) in [6, 6.07) is 8.57. The second kappa shape index (κ2) is 13.8. The van der Waals surface area contributed by atoms with Crippen LogP contribution in [-0.4, -0.2) is 5.11 Å². The van der Waals surface area contributed by atoms with Crippen molar-refractivity contribution in [3.63, 3.8) is 0 Å². The van der Waals surface area contributed by atoms with Crippen LogP contribution < -0.4 is 0 Å². The Balaban J connectivity index is 2.81. The first-order valence-electron chi connectivity index (χ1n) is 14.8. The zero-order valence-corrected chi connectivity index (χ0v) is 23.0. The summed E-state index contributed by atoms with van der Waals surface area (Å²) in [5.74, 6) is 0.413. The zero-order valence-electron chi connectivity index (χ0n) is 23.0. The van der Waals surface area contributed by atoms with Crippen molar-refractivity contribution in [2.45, 2.75) is 156 Å². The van der Waals surface area contributed by atoms with Gasteiger partial charge < -0.3 is 5.11 Å². The third-order valence-electron chi connectivity index (χ3n) is 9.50. The van der Waals surface area contributed by atoms with Gasteiger partial charge in [-0.3, -0.25) is 0 Å². The minimum absolute atomic E-state index is 0.251. The van der Waals surface area contributed by atoms with Crippen LogP contribution in [0.25, 0.3) is 0 Å². The zero-order chi connectivity index (χ0) is 24.2. The molecule has 190 valence electrons. The van der Waals surface area contributed by atoms with E-state index in [0.29, 0.717) is 16.6 Å². The van der Waals surface area contributed by atoms with Gasteiger partial charge in [-0.05, 0) is 73.5 Å². The molecule has 2 rings (SSSR count). The monoisotopic (exact) mass is 456 g/mol. The van der Waals surface area contributed by atoms with Gasteiger partial charge in [-0.25, -0.2) is 0 Å². The molecule has 1 nitrogen and oxygen atoms in total. The molecular weight excluding hydrogens is 400 g/mol. The fourth-order valence-electron chi connectivity index (χ4n) is 7.88. The number of benzene rings is 1. The van der Waals surface area contributed by atoms with Crippen molar-refractivity contribution in [2.75, 3.05) is 0 Å². The summed E-state index contributed by atoms with van der Waals surface area (Å²) in [5, 5.41) is 10.2. The van der Waals surface area contributed by atoms with Crippen LogP contribution in [0.4, 0.5) is 0 Å². The molecule has 1 heteroatoms. The van der Waals surface area contributed by atoms with E-state index in [1.54, 1.807) is 0 Å². The first kappa shape index (κ1) is 28.3. The van der Waals surface area contributed by atoms with E-state index in [1.807, 2.05) is 12.1 Å². The maximum atomic E-state index is 10.2. The number of phenolic OH excluding ortho intramolecular Hbond substituents is 1. The van der Waals surface area contributed by atoms with Gasteiger partial charge >= 0.3 is 0 Å². The molecule has 0 bridgehead atoms. The number of hydrogen-bond acceptors (Lipinski definition) is 1. The molecule has 0 spiro atoms. The Labute approximate surface area is 207 Å². The fourth-order valence-corrected chi connectivity index (χ4v) is 7.88. The van der Waals surface area contributed by atoms with Crippen molar-refractivity contribution in [3.05, 3.63) is 29.8 Å². The topological polar surface area (TPSA) is 20.2 Å². The molecule has 1 saturated carbocycles. The average molecular weight is 457 g/mol. The molecule has 33 heavy (non-hydrogen) atoms. The molecular formula is C32H56O. The van der Waals surface area contributed by atoms with Gasteiger partial charge in [0, 0.05) is 5.41 Å². The van der Waals surface area contributed by atoms with Crippen LogP contribution in [0, 0.1) is 10.8 Å². The van der Waals surface area contributed by atoms with Crippen LogP contribution in [0.1, 0.15) is 156 Å². The summed E-state index contributed by atoms with van der Waals surface area (Å²) < 4.78 is 0. The lowest BCUT2D eigenvalue weighted by molar-refractivity contribution is -0.120. The number of hydrogen-bond donors (Lipinski definition) is 1. The third kappa shape index (κ3) is 5.99. The molecule has 0 saturated heterocycles. The Morgan fingerprint density at radius 2 is 1.06 bits per heavy atom. The summed E-state index contributed by atoms with van der Waals surface area (Å²) in [7, 11) is 0. The minimum atomic E-state index is 0.251. The van der Waals surface area contributed by atoms with Gasteiger partial charge in [-0.2, -0.15) is 0 Å². The number of rotatable bonds is 16. The maximum absolute atomic E-state index is 10.2. The van der Waals surface area contributed by atoms with E-state index in [4.69, 9.17) is 0 Å². The second-order valence-corrected chi connectivity index (χ2v) is 11.4. The highest BCUT2D eigenvalue weighted by Crippen LogP contribution is 2.70. The van der Waals surface area contributed by atoms with E-state index < -0.39 is 0 Å². The fraction of sp³-hybridized carbons (Fsp3) is 0.812. The summed E-state index contributed by atoms with van der Waals surface area (Å²) in [5.41, 5.74) is 2.63. The third-order valence-corrected chi connectivity index (χ3v) is 9.50. The number of aromatic hydroxyl groups is 1. The molecule has 1 aromatic carbocycles. The van der Waals surface area contributed by atoms with Crippen LogP contribution in [0.3, 0.4) is 0 Å². The van der Waals surface area contributed by atoms with Gasteiger partial charge in [0.15, 0.2) is 0 Å². The van der Waals surface area contributed by atoms with Gasteiger partial charge in [0.25, 0.3) is 0 Å². The van der Waals surface area contributed by atoms with E-state index >= 15 is 0 Å². The van der Waals surface area contributed by atoms with Crippen molar-refractivity contribution >= 4 is 0 Å². The molecule has 0 amide bonds. The molecule has 1 N–H and O–H groups in total. The Hall–Kier alpha value is -0.980. The van der Waals surface area contributed by atoms with Crippen LogP contribution in [0.2, 0.25) is 0 Å². The smallest absolute Gasteiger partial charge is 0.115 e. The maximum Gasteiger partial charge on any atom is 0.115 e. The summed E-state index contributed by atoms with van der Waals surface area (Å²) in [4.78, 5) is 0. The molecule has 1 aliphatic rings. The van der Waals surface area contributed by atoms with Crippen LogP contribution in [0.15, 0.2) is 24.3 Å². The van der Waals surface area contributed by atoms with Crippen molar-refractivity contribution in [1.29, 1.82) is 0 Å². The lowest BCUT2D eigenvalue weighted by atomic mass is 9.38. The van der Waals surface area contributed by atoms with E-state index in [-0.39, 0.29) is 5.41 Å². The van der Waals surface area contributed by atoms with E-state index in [0.717, 1.165) is 0 Å². The van der Waals surface area contributed by atoms with Gasteiger partial charge in [0.2, 0.25) is 0 Å². The van der Waals surface area contributed by atoms with Crippen molar-refractivity contribution < 1.29 is 5.11 Å². The lowest BCUT2D eigenvalue weighted by Gasteiger charge is -2.66. The second-order valence-electron chi connectivity index (χ2n) is 11.4. The van der Waals surface area contributed by atoms with E-state index in [1.165, 1.54) is 121 Å². The lowest BCUT2D eigenvalue weighted by Crippen LogP contribution is -2.59. The number of phenols is 1. The number of unbranched alkanes of at least 4 members (excludes halogenated alkanes) is 5. The van der Waals surface area contributed by atoms with Crippen molar-refractivity contribution in [3.8, 4) is 5.75 Å². The summed E-state index contributed by atoms with van der Waals surface area (Å²) >= 11 is 0. The molecule has 1 fully saturated rings. The van der Waals surface area contributed by atoms with Crippen molar-refractivity contribution in [2.24, 2.45) is 10.8 Å². The highest BCUT2D eigenvalue weighted by Gasteiger charge is 2.62. The predicted molar refractivity (Wildman–Crippen MR) is 146 cm³/mol. The molecule has 0 aliphatic heterocycles. The Kier molecular flexibility index (Phi) is 11.8. The molecule has 0 heterocycles. The highest BCUT2D eigenvalue weighted by atomic mass is 16.3. The minimum Gasteiger partial charge on any atom is -0.508 e. The van der Waals surface area contributed by atoms with Gasteiger partial charge in [0.1, 0.15) is 5.75 Å². The van der Waals surface area contributed by atoms with Gasteiger partial charge in [-0.15, -0.1) is 0 Å². The quantitative estimate of drug-likeness (QED) is 0.262. The van der Waals surface area contributed by atoms with Crippen LogP contribution >= 0.6 is 0 Å². The molecule has 0 radical (unpaired) electrons. The predicted octanol–water partition coefficient (Wildman–Crippen LogP) is 10.7. The first-order valence-corrected chi connectivity index (χ1v) is 14.8. The normalized spacial score (nSPS) is 21.8. The molecule has 1 aromatic rings. The Morgan fingerprint density at radius 3 is 1.55 bits per heavy atom. The van der Waals surface area contributed by atoms with E-state index in [2.05, 4.69) is 46.8 Å². The largest absolute Gasteiger partial charge is 0.508 e. The average Bonchev–Trinajstić information content (AvgIpc) is 2.84.